The van der Waals surface area contributed by atoms with Crippen molar-refractivity contribution < 1.29 is 9.59 Å². The number of nitrogens with zero attached hydrogens (tertiary/aromatic N) is 1. The first-order chi connectivity index (χ1) is 12.2. The molecule has 136 valence electrons. The largest absolute Gasteiger partial charge is 0.322 e. The Morgan fingerprint density at radius 2 is 1.92 bits per heavy atom. The second-order valence-electron chi connectivity index (χ2n) is 6.98. The molecule has 1 aliphatic heterocycles. The Morgan fingerprint density at radius 1 is 1.23 bits per heavy atom. The van der Waals surface area contributed by atoms with Crippen molar-refractivity contribution in [2.24, 2.45) is 0 Å². The van der Waals surface area contributed by atoms with Crippen molar-refractivity contribution in [3.63, 3.8) is 0 Å². The van der Waals surface area contributed by atoms with E-state index in [0.29, 0.717) is 16.3 Å². The van der Waals surface area contributed by atoms with Crippen LogP contribution < -0.4 is 10.2 Å². The molecule has 1 heterocycles. The number of carbonyl (C=O) groups is 2. The molecule has 2 aromatic carbocycles. The van der Waals surface area contributed by atoms with Crippen LogP contribution in [0.15, 0.2) is 35.2 Å². The van der Waals surface area contributed by atoms with Crippen molar-refractivity contribution in [3.05, 3.63) is 52.0 Å². The lowest BCUT2D eigenvalue weighted by Crippen LogP contribution is -2.33. The quantitative estimate of drug-likeness (QED) is 0.762. The Hall–Kier alpha value is -1.98. The van der Waals surface area contributed by atoms with Crippen LogP contribution in [-0.2, 0) is 10.2 Å². The number of rotatable bonds is 3. The average Bonchev–Trinajstić information content (AvgIpc) is 2.76. The van der Waals surface area contributed by atoms with Gasteiger partial charge in [0, 0.05) is 17.6 Å². The Bertz CT molecular complexity index is 924. The summed E-state index contributed by atoms with van der Waals surface area (Å²) in [6.07, 6.45) is 1.95. The molecule has 26 heavy (non-hydrogen) atoms. The summed E-state index contributed by atoms with van der Waals surface area (Å²) in [6, 6.07) is 9.16. The van der Waals surface area contributed by atoms with Crippen LogP contribution in [0.2, 0.25) is 5.02 Å². The van der Waals surface area contributed by atoms with Gasteiger partial charge in [-0.1, -0.05) is 11.6 Å². The third-order valence-corrected chi connectivity index (χ3v) is 5.88. The summed E-state index contributed by atoms with van der Waals surface area (Å²) in [5, 5.41) is 3.34. The molecule has 4 nitrogen and oxygen atoms in total. The van der Waals surface area contributed by atoms with Crippen molar-refractivity contribution in [2.75, 3.05) is 23.5 Å². The second-order valence-corrected chi connectivity index (χ2v) is 8.27. The van der Waals surface area contributed by atoms with Crippen molar-refractivity contribution in [1.29, 1.82) is 0 Å². The smallest absolute Gasteiger partial charge is 0.257 e. The minimum Gasteiger partial charge on any atom is -0.322 e. The van der Waals surface area contributed by atoms with Crippen LogP contribution in [0.3, 0.4) is 0 Å². The first-order valence-electron chi connectivity index (χ1n) is 8.25. The Labute approximate surface area is 162 Å². The van der Waals surface area contributed by atoms with Gasteiger partial charge in [0.2, 0.25) is 5.91 Å². The van der Waals surface area contributed by atoms with Crippen LogP contribution in [-0.4, -0.2) is 25.1 Å². The van der Waals surface area contributed by atoms with Gasteiger partial charge in [0.1, 0.15) is 0 Å². The minimum absolute atomic E-state index is 0.0507. The SMILES string of the molecule is CSc1ccc(Cl)c(C(=O)Nc2cc(C)c3c(c2)C(C)(C)C(=O)N3C)c1. The Kier molecular flexibility index (Phi) is 4.80. The topological polar surface area (TPSA) is 49.4 Å². The predicted octanol–water partition coefficient (Wildman–Crippen LogP) is 4.88. The monoisotopic (exact) mass is 388 g/mol. The maximum atomic E-state index is 12.7. The normalized spacial score (nSPS) is 15.2. The molecular weight excluding hydrogens is 368 g/mol. The number of fused-ring (bicyclic) bond motifs is 1. The van der Waals surface area contributed by atoms with E-state index in [-0.39, 0.29) is 11.8 Å². The summed E-state index contributed by atoms with van der Waals surface area (Å²) in [4.78, 5) is 27.9. The van der Waals surface area contributed by atoms with Gasteiger partial charge in [0.05, 0.1) is 21.7 Å². The molecule has 0 saturated heterocycles. The molecule has 0 aliphatic carbocycles. The number of amides is 2. The second kappa shape index (κ2) is 6.63. The van der Waals surface area contributed by atoms with Gasteiger partial charge in [-0.15, -0.1) is 11.8 Å². The van der Waals surface area contributed by atoms with E-state index in [1.807, 2.05) is 45.2 Å². The van der Waals surface area contributed by atoms with E-state index in [0.717, 1.165) is 21.7 Å². The standard InChI is InChI=1S/C20H21ClN2O2S/c1-11-8-12(9-15-17(11)23(4)19(25)20(15,2)3)22-18(24)14-10-13(26-5)6-7-16(14)21/h6-10H,1-5H3,(H,22,24). The van der Waals surface area contributed by atoms with E-state index in [9.17, 15) is 9.59 Å². The van der Waals surface area contributed by atoms with E-state index >= 15 is 0 Å². The summed E-state index contributed by atoms with van der Waals surface area (Å²) in [7, 11) is 1.79. The van der Waals surface area contributed by atoms with Crippen LogP contribution in [0.25, 0.3) is 0 Å². The molecule has 6 heteroatoms. The highest BCUT2D eigenvalue weighted by molar-refractivity contribution is 7.98. The molecule has 0 radical (unpaired) electrons. The lowest BCUT2D eigenvalue weighted by Gasteiger charge is -2.17. The van der Waals surface area contributed by atoms with E-state index < -0.39 is 5.41 Å². The van der Waals surface area contributed by atoms with E-state index in [1.54, 1.807) is 35.8 Å². The van der Waals surface area contributed by atoms with Crippen LogP contribution in [0, 0.1) is 6.92 Å². The zero-order valence-corrected chi connectivity index (χ0v) is 17.0. The van der Waals surface area contributed by atoms with Crippen molar-refractivity contribution in [3.8, 4) is 0 Å². The first-order valence-corrected chi connectivity index (χ1v) is 9.85. The minimum atomic E-state index is -0.619. The number of carbonyl (C=O) groups excluding carboxylic acids is 2. The third kappa shape index (κ3) is 2.99. The zero-order valence-electron chi connectivity index (χ0n) is 15.4. The van der Waals surface area contributed by atoms with Gasteiger partial charge in [-0.25, -0.2) is 0 Å². The molecule has 2 amide bonds. The highest BCUT2D eigenvalue weighted by Crippen LogP contribution is 2.44. The maximum absolute atomic E-state index is 12.7. The van der Waals surface area contributed by atoms with Gasteiger partial charge in [-0.05, 0) is 68.5 Å². The van der Waals surface area contributed by atoms with E-state index in [1.165, 1.54) is 0 Å². The number of thioether (sulfide) groups is 1. The number of halogens is 1. The molecule has 2 aromatic rings. The van der Waals surface area contributed by atoms with E-state index in [2.05, 4.69) is 5.32 Å². The maximum Gasteiger partial charge on any atom is 0.257 e. The molecule has 0 saturated carbocycles. The van der Waals surface area contributed by atoms with Crippen molar-refractivity contribution >= 4 is 46.6 Å². The van der Waals surface area contributed by atoms with Gasteiger partial charge in [0.15, 0.2) is 0 Å². The van der Waals surface area contributed by atoms with Gasteiger partial charge < -0.3 is 10.2 Å². The van der Waals surface area contributed by atoms with Gasteiger partial charge >= 0.3 is 0 Å². The summed E-state index contributed by atoms with van der Waals surface area (Å²) in [5.41, 5.74) is 3.26. The molecule has 0 unspecified atom stereocenters. The Balaban J connectivity index is 1.98. The Morgan fingerprint density at radius 3 is 2.58 bits per heavy atom. The lowest BCUT2D eigenvalue weighted by atomic mass is 9.85. The molecule has 0 atom stereocenters. The number of likely N-dealkylation sites (N-methyl/N-ethyl adjacent to an activating group) is 1. The van der Waals surface area contributed by atoms with E-state index in [4.69, 9.17) is 11.6 Å². The molecule has 0 aromatic heterocycles. The van der Waals surface area contributed by atoms with Crippen molar-refractivity contribution in [1.82, 2.24) is 0 Å². The predicted molar refractivity (Wildman–Crippen MR) is 109 cm³/mol. The zero-order chi connectivity index (χ0) is 19.2. The highest BCUT2D eigenvalue weighted by Gasteiger charge is 2.43. The lowest BCUT2D eigenvalue weighted by molar-refractivity contribution is -0.121. The molecule has 3 rings (SSSR count). The molecule has 0 bridgehead atoms. The number of hydrogen-bond donors (Lipinski definition) is 1. The fraction of sp³-hybridized carbons (Fsp3) is 0.300. The number of anilines is 2. The summed E-state index contributed by atoms with van der Waals surface area (Å²) >= 11 is 7.75. The van der Waals surface area contributed by atoms with Gasteiger partial charge in [-0.2, -0.15) is 0 Å². The molecule has 0 fully saturated rings. The number of benzene rings is 2. The number of hydrogen-bond acceptors (Lipinski definition) is 3. The first kappa shape index (κ1) is 18.8. The fourth-order valence-corrected chi connectivity index (χ4v) is 4.06. The van der Waals surface area contributed by atoms with Crippen molar-refractivity contribution in [2.45, 2.75) is 31.1 Å². The van der Waals surface area contributed by atoms with Crippen LogP contribution >= 0.6 is 23.4 Å². The molecule has 1 N–H and O–H groups in total. The summed E-state index contributed by atoms with van der Waals surface area (Å²) in [5.74, 6) is -0.212. The highest BCUT2D eigenvalue weighted by atomic mass is 35.5. The van der Waals surface area contributed by atoms with Gasteiger partial charge in [0.25, 0.3) is 5.91 Å². The number of nitrogens with one attached hydrogen (secondary N) is 1. The van der Waals surface area contributed by atoms with Crippen LogP contribution in [0.1, 0.15) is 35.3 Å². The molecular formula is C20H21ClN2O2S. The molecule has 0 spiro atoms. The molecule has 1 aliphatic rings. The third-order valence-electron chi connectivity index (χ3n) is 4.82. The van der Waals surface area contributed by atoms with Gasteiger partial charge in [-0.3, -0.25) is 9.59 Å². The summed E-state index contributed by atoms with van der Waals surface area (Å²) in [6.45, 7) is 5.75. The van der Waals surface area contributed by atoms with Crippen LogP contribution in [0.4, 0.5) is 11.4 Å². The number of aryl methyl sites for hydroxylation is 1. The van der Waals surface area contributed by atoms with Crippen LogP contribution in [0.5, 0.6) is 0 Å². The fourth-order valence-electron chi connectivity index (χ4n) is 3.41. The average molecular weight is 389 g/mol. The summed E-state index contributed by atoms with van der Waals surface area (Å²) < 4.78 is 0.